The van der Waals surface area contributed by atoms with Gasteiger partial charge in [0, 0.05) is 13.1 Å². The van der Waals surface area contributed by atoms with Crippen molar-refractivity contribution in [1.29, 1.82) is 0 Å². The molecule has 2 N–H and O–H groups in total. The molecule has 0 aliphatic rings. The molecular formula is C12H24N4O. The van der Waals surface area contributed by atoms with Gasteiger partial charge in [-0.1, -0.05) is 31.8 Å². The van der Waals surface area contributed by atoms with Crippen molar-refractivity contribution < 1.29 is 4.42 Å². The van der Waals surface area contributed by atoms with Crippen molar-refractivity contribution in [2.75, 3.05) is 18.0 Å². The minimum atomic E-state index is -0.205. The Bertz CT molecular complexity index is 320. The first-order chi connectivity index (χ1) is 8.12. The molecule has 1 aromatic heterocycles. The molecular weight excluding hydrogens is 216 g/mol. The Labute approximate surface area is 103 Å². The van der Waals surface area contributed by atoms with E-state index in [2.05, 4.69) is 35.9 Å². The highest BCUT2D eigenvalue weighted by atomic mass is 16.4. The second-order valence-corrected chi connectivity index (χ2v) is 4.43. The molecule has 0 aliphatic carbocycles. The summed E-state index contributed by atoms with van der Waals surface area (Å²) < 4.78 is 5.57. The van der Waals surface area contributed by atoms with Crippen molar-refractivity contribution in [2.24, 2.45) is 11.7 Å². The first-order valence-corrected chi connectivity index (χ1v) is 6.46. The van der Waals surface area contributed by atoms with Crippen LogP contribution in [0.15, 0.2) is 4.42 Å². The zero-order valence-electron chi connectivity index (χ0n) is 11.3. The van der Waals surface area contributed by atoms with Crippen LogP contribution >= 0.6 is 0 Å². The predicted octanol–water partition coefficient (Wildman–Crippen LogP) is 2.35. The highest BCUT2D eigenvalue weighted by molar-refractivity contribution is 5.23. The number of hydrogen-bond acceptors (Lipinski definition) is 5. The number of nitrogens with zero attached hydrogens (tertiary/aromatic N) is 3. The molecule has 1 heterocycles. The van der Waals surface area contributed by atoms with E-state index >= 15 is 0 Å². The van der Waals surface area contributed by atoms with Crippen LogP contribution in [0.5, 0.6) is 0 Å². The fourth-order valence-corrected chi connectivity index (χ4v) is 1.74. The van der Waals surface area contributed by atoms with Crippen LogP contribution in [-0.4, -0.2) is 23.3 Å². The summed E-state index contributed by atoms with van der Waals surface area (Å²) >= 11 is 0. The highest BCUT2D eigenvalue weighted by Gasteiger charge is 2.17. The minimum Gasteiger partial charge on any atom is -0.406 e. The lowest BCUT2D eigenvalue weighted by molar-refractivity contribution is 0.430. The van der Waals surface area contributed by atoms with Gasteiger partial charge in [0.05, 0.1) is 6.04 Å². The Balaban J connectivity index is 2.71. The van der Waals surface area contributed by atoms with Gasteiger partial charge in [-0.2, -0.15) is 0 Å². The maximum atomic E-state index is 5.71. The summed E-state index contributed by atoms with van der Waals surface area (Å²) in [6.07, 6.45) is 2.34. The van der Waals surface area contributed by atoms with E-state index in [0.717, 1.165) is 13.1 Å². The molecule has 0 bridgehead atoms. The number of rotatable bonds is 7. The Morgan fingerprint density at radius 3 is 2.29 bits per heavy atom. The van der Waals surface area contributed by atoms with E-state index in [1.165, 1.54) is 12.8 Å². The maximum absolute atomic E-state index is 5.71. The van der Waals surface area contributed by atoms with Crippen molar-refractivity contribution >= 4 is 6.01 Å². The molecule has 1 rings (SSSR count). The Kier molecular flexibility index (Phi) is 5.41. The third-order valence-electron chi connectivity index (χ3n) is 3.11. The lowest BCUT2D eigenvalue weighted by Crippen LogP contribution is -2.29. The molecule has 1 aromatic rings. The molecule has 1 atom stereocenters. The fourth-order valence-electron chi connectivity index (χ4n) is 1.74. The third kappa shape index (κ3) is 3.70. The van der Waals surface area contributed by atoms with Crippen LogP contribution in [0.3, 0.4) is 0 Å². The molecule has 98 valence electrons. The van der Waals surface area contributed by atoms with Crippen LogP contribution in [0.2, 0.25) is 0 Å². The number of hydrogen-bond donors (Lipinski definition) is 1. The molecule has 0 saturated carbocycles. The zero-order chi connectivity index (χ0) is 12.8. The Morgan fingerprint density at radius 2 is 1.88 bits per heavy atom. The van der Waals surface area contributed by atoms with Crippen LogP contribution in [0.4, 0.5) is 6.01 Å². The topological polar surface area (TPSA) is 68.2 Å². The third-order valence-corrected chi connectivity index (χ3v) is 3.11. The zero-order valence-corrected chi connectivity index (χ0v) is 11.3. The first kappa shape index (κ1) is 14.0. The summed E-state index contributed by atoms with van der Waals surface area (Å²) in [6.45, 7) is 10.2. The van der Waals surface area contributed by atoms with Crippen molar-refractivity contribution in [1.82, 2.24) is 10.2 Å². The smallest absolute Gasteiger partial charge is 0.318 e. The molecule has 0 radical (unpaired) electrons. The second kappa shape index (κ2) is 6.59. The monoisotopic (exact) mass is 240 g/mol. The maximum Gasteiger partial charge on any atom is 0.318 e. The molecule has 17 heavy (non-hydrogen) atoms. The molecule has 0 aliphatic heterocycles. The number of aromatic nitrogens is 2. The first-order valence-electron chi connectivity index (χ1n) is 6.46. The fraction of sp³-hybridized carbons (Fsp3) is 0.833. The van der Waals surface area contributed by atoms with E-state index in [1.54, 1.807) is 0 Å². The SMILES string of the molecule is CCC(CC)CN(CC)c1nnc(C(C)N)o1. The van der Waals surface area contributed by atoms with E-state index < -0.39 is 0 Å². The summed E-state index contributed by atoms with van der Waals surface area (Å²) in [5, 5.41) is 8.02. The molecule has 0 aromatic carbocycles. The van der Waals surface area contributed by atoms with Crippen molar-refractivity contribution in [3.05, 3.63) is 5.89 Å². The van der Waals surface area contributed by atoms with Gasteiger partial charge in [0.15, 0.2) is 0 Å². The molecule has 1 unspecified atom stereocenters. The summed E-state index contributed by atoms with van der Waals surface area (Å²) in [5.74, 6) is 1.17. The van der Waals surface area contributed by atoms with Crippen LogP contribution in [0, 0.1) is 5.92 Å². The van der Waals surface area contributed by atoms with E-state index in [1.807, 2.05) is 6.92 Å². The highest BCUT2D eigenvalue weighted by Crippen LogP contribution is 2.18. The van der Waals surface area contributed by atoms with Crippen LogP contribution in [-0.2, 0) is 0 Å². The second-order valence-electron chi connectivity index (χ2n) is 4.43. The van der Waals surface area contributed by atoms with Crippen LogP contribution in [0.1, 0.15) is 52.5 Å². The van der Waals surface area contributed by atoms with Gasteiger partial charge in [0.2, 0.25) is 5.89 Å². The van der Waals surface area contributed by atoms with Gasteiger partial charge >= 0.3 is 6.01 Å². The van der Waals surface area contributed by atoms with Gasteiger partial charge in [-0.05, 0) is 19.8 Å². The van der Waals surface area contributed by atoms with Gasteiger partial charge in [-0.15, -0.1) is 5.10 Å². The molecule has 0 amide bonds. The lowest BCUT2D eigenvalue weighted by atomic mass is 10.0. The van der Waals surface area contributed by atoms with E-state index in [-0.39, 0.29) is 6.04 Å². The summed E-state index contributed by atoms with van der Waals surface area (Å²) in [6, 6.07) is 0.384. The number of nitrogens with two attached hydrogens (primary N) is 1. The Hall–Kier alpha value is -1.10. The van der Waals surface area contributed by atoms with Crippen molar-refractivity contribution in [2.45, 2.75) is 46.6 Å². The summed E-state index contributed by atoms with van der Waals surface area (Å²) in [7, 11) is 0. The molecule has 0 saturated heterocycles. The predicted molar refractivity (Wildman–Crippen MR) is 68.9 cm³/mol. The van der Waals surface area contributed by atoms with Gasteiger partial charge in [-0.25, -0.2) is 0 Å². The van der Waals surface area contributed by atoms with Crippen LogP contribution < -0.4 is 10.6 Å². The molecule has 0 spiro atoms. The van der Waals surface area contributed by atoms with Crippen molar-refractivity contribution in [3.63, 3.8) is 0 Å². The summed E-state index contributed by atoms with van der Waals surface area (Å²) in [4.78, 5) is 2.12. The van der Waals surface area contributed by atoms with Gasteiger partial charge in [0.25, 0.3) is 0 Å². The van der Waals surface area contributed by atoms with E-state index in [9.17, 15) is 0 Å². The van der Waals surface area contributed by atoms with Crippen molar-refractivity contribution in [3.8, 4) is 0 Å². The lowest BCUT2D eigenvalue weighted by Gasteiger charge is -2.23. The number of anilines is 1. The van der Waals surface area contributed by atoms with Gasteiger partial charge < -0.3 is 15.1 Å². The largest absolute Gasteiger partial charge is 0.406 e. The molecule has 5 nitrogen and oxygen atoms in total. The Morgan fingerprint density at radius 1 is 1.24 bits per heavy atom. The van der Waals surface area contributed by atoms with Crippen LogP contribution in [0.25, 0.3) is 0 Å². The van der Waals surface area contributed by atoms with E-state index in [0.29, 0.717) is 17.8 Å². The quantitative estimate of drug-likeness (QED) is 0.792. The van der Waals surface area contributed by atoms with E-state index in [4.69, 9.17) is 10.2 Å². The standard InChI is InChI=1S/C12H24N4O/c1-5-10(6-2)8-16(7-3)12-15-14-11(17-12)9(4)13/h9-10H,5-8,13H2,1-4H3. The van der Waals surface area contributed by atoms with Gasteiger partial charge in [-0.3, -0.25) is 0 Å². The average Bonchev–Trinajstić information content (AvgIpc) is 2.80. The normalized spacial score (nSPS) is 13.1. The molecule has 5 heteroatoms. The van der Waals surface area contributed by atoms with Gasteiger partial charge in [0.1, 0.15) is 0 Å². The average molecular weight is 240 g/mol. The summed E-state index contributed by atoms with van der Waals surface area (Å²) in [5.41, 5.74) is 5.71. The minimum absolute atomic E-state index is 0.205. The molecule has 0 fully saturated rings.